The van der Waals surface area contributed by atoms with Crippen molar-refractivity contribution in [3.63, 3.8) is 0 Å². The zero-order valence-electron chi connectivity index (χ0n) is 12.3. The van der Waals surface area contributed by atoms with Gasteiger partial charge in [0.2, 0.25) is 0 Å². The molecule has 0 radical (unpaired) electrons. The molecule has 1 fully saturated rings. The largest absolute Gasteiger partial charge is 0.378 e. The van der Waals surface area contributed by atoms with Gasteiger partial charge < -0.3 is 9.64 Å². The summed E-state index contributed by atoms with van der Waals surface area (Å²) in [4.78, 5) is 8.44. The molecule has 1 aromatic carbocycles. The maximum absolute atomic E-state index is 5.45. The van der Waals surface area contributed by atoms with Crippen LogP contribution in [-0.2, 0) is 11.2 Å². The van der Waals surface area contributed by atoms with Gasteiger partial charge in [0, 0.05) is 13.1 Å². The number of aliphatic imine (C=N–C) groups is 1. The third-order valence-corrected chi connectivity index (χ3v) is 4.50. The van der Waals surface area contributed by atoms with Gasteiger partial charge in [-0.05, 0) is 35.6 Å². The van der Waals surface area contributed by atoms with E-state index >= 15 is 0 Å². The average molecular weight is 300 g/mol. The van der Waals surface area contributed by atoms with Crippen LogP contribution < -0.4 is 0 Å². The summed E-state index contributed by atoms with van der Waals surface area (Å²) in [6, 6.07) is 12.7. The van der Waals surface area contributed by atoms with Crippen molar-refractivity contribution in [1.82, 2.24) is 4.90 Å². The minimum atomic E-state index is 0.777. The number of hydrogen-bond acceptors (Lipinski definition) is 3. The molecule has 2 heterocycles. The summed E-state index contributed by atoms with van der Waals surface area (Å²) in [5, 5.41) is 2.10. The van der Waals surface area contributed by atoms with Gasteiger partial charge in [0.1, 0.15) is 5.84 Å². The minimum absolute atomic E-state index is 0.777. The van der Waals surface area contributed by atoms with Gasteiger partial charge in [-0.2, -0.15) is 0 Å². The van der Waals surface area contributed by atoms with Crippen molar-refractivity contribution in [1.29, 1.82) is 0 Å². The van der Waals surface area contributed by atoms with E-state index in [0.29, 0.717) is 0 Å². The molecule has 0 N–H and O–H groups in total. The normalized spacial score (nSPS) is 16.2. The van der Waals surface area contributed by atoms with Crippen LogP contribution in [0.15, 0.2) is 46.8 Å². The fraction of sp³-hybridized carbons (Fsp3) is 0.353. The molecule has 3 rings (SSSR count). The highest BCUT2D eigenvalue weighted by Crippen LogP contribution is 2.20. The predicted molar refractivity (Wildman–Crippen MR) is 88.7 cm³/mol. The quantitative estimate of drug-likeness (QED) is 0.637. The number of rotatable bonds is 3. The Labute approximate surface area is 129 Å². The molecule has 3 nitrogen and oxygen atoms in total. The van der Waals surface area contributed by atoms with Crippen LogP contribution in [0, 0.1) is 0 Å². The van der Waals surface area contributed by atoms with E-state index in [4.69, 9.17) is 9.73 Å². The topological polar surface area (TPSA) is 24.8 Å². The first-order valence-electron chi connectivity index (χ1n) is 7.41. The smallest absolute Gasteiger partial charge is 0.146 e. The van der Waals surface area contributed by atoms with E-state index in [9.17, 15) is 0 Å². The highest BCUT2D eigenvalue weighted by molar-refractivity contribution is 7.12. The van der Waals surface area contributed by atoms with Crippen molar-refractivity contribution in [2.24, 2.45) is 4.99 Å². The Kier molecular flexibility index (Phi) is 4.68. The van der Waals surface area contributed by atoms with E-state index in [1.54, 1.807) is 11.3 Å². The monoisotopic (exact) mass is 300 g/mol. The second-order valence-corrected chi connectivity index (χ2v) is 5.98. The standard InChI is InChI=1S/C17H20N2OS/c1-2-14-5-7-15(8-6-14)18-17(16-4-3-13-21-16)19-9-11-20-12-10-19/h3-8,13H,2,9-12H2,1H3. The molecule has 0 aliphatic carbocycles. The number of thiophene rings is 1. The van der Waals surface area contributed by atoms with Crippen LogP contribution in [-0.4, -0.2) is 37.0 Å². The van der Waals surface area contributed by atoms with Crippen molar-refractivity contribution in [3.05, 3.63) is 52.2 Å². The molecule has 4 heteroatoms. The summed E-state index contributed by atoms with van der Waals surface area (Å²) in [5.41, 5.74) is 2.36. The molecule has 1 aliphatic heterocycles. The maximum atomic E-state index is 5.45. The van der Waals surface area contributed by atoms with Crippen molar-refractivity contribution in [2.45, 2.75) is 13.3 Å². The lowest BCUT2D eigenvalue weighted by Gasteiger charge is -2.29. The molecule has 0 bridgehead atoms. The van der Waals surface area contributed by atoms with Crippen molar-refractivity contribution in [3.8, 4) is 0 Å². The Balaban J connectivity index is 1.91. The van der Waals surface area contributed by atoms with Gasteiger partial charge in [0.15, 0.2) is 0 Å². The molecular formula is C17H20N2OS. The number of morpholine rings is 1. The Morgan fingerprint density at radius 1 is 1.19 bits per heavy atom. The van der Waals surface area contributed by atoms with Crippen LogP contribution >= 0.6 is 11.3 Å². The molecular weight excluding hydrogens is 280 g/mol. The number of aryl methyl sites for hydroxylation is 1. The van der Waals surface area contributed by atoms with E-state index < -0.39 is 0 Å². The molecule has 1 saturated heterocycles. The molecule has 0 amide bonds. The lowest BCUT2D eigenvalue weighted by atomic mass is 10.1. The molecule has 1 aromatic heterocycles. The van der Waals surface area contributed by atoms with Crippen molar-refractivity contribution in [2.75, 3.05) is 26.3 Å². The van der Waals surface area contributed by atoms with Crippen LogP contribution in [0.4, 0.5) is 5.69 Å². The fourth-order valence-corrected chi connectivity index (χ4v) is 3.13. The van der Waals surface area contributed by atoms with Crippen LogP contribution in [0.2, 0.25) is 0 Å². The Hall–Kier alpha value is -1.65. The van der Waals surface area contributed by atoms with E-state index in [1.807, 2.05) is 0 Å². The first kappa shape index (κ1) is 14.3. The van der Waals surface area contributed by atoms with Gasteiger partial charge in [-0.15, -0.1) is 11.3 Å². The van der Waals surface area contributed by atoms with Crippen LogP contribution in [0.3, 0.4) is 0 Å². The Bertz CT molecular complexity index is 584. The summed E-state index contributed by atoms with van der Waals surface area (Å²) in [7, 11) is 0. The second kappa shape index (κ2) is 6.87. The van der Waals surface area contributed by atoms with Gasteiger partial charge in [-0.3, -0.25) is 0 Å². The van der Waals surface area contributed by atoms with E-state index in [-0.39, 0.29) is 0 Å². The Morgan fingerprint density at radius 2 is 1.95 bits per heavy atom. The lowest BCUT2D eigenvalue weighted by Crippen LogP contribution is -2.40. The third kappa shape index (κ3) is 3.52. The molecule has 0 saturated carbocycles. The molecule has 110 valence electrons. The summed E-state index contributed by atoms with van der Waals surface area (Å²) in [6.07, 6.45) is 1.06. The number of nitrogens with zero attached hydrogens (tertiary/aromatic N) is 2. The third-order valence-electron chi connectivity index (χ3n) is 3.63. The summed E-state index contributed by atoms with van der Waals surface area (Å²) in [6.45, 7) is 5.54. The lowest BCUT2D eigenvalue weighted by molar-refractivity contribution is 0.0684. The second-order valence-electron chi connectivity index (χ2n) is 5.03. The van der Waals surface area contributed by atoms with Crippen LogP contribution in [0.25, 0.3) is 0 Å². The van der Waals surface area contributed by atoms with Crippen LogP contribution in [0.5, 0.6) is 0 Å². The molecule has 0 spiro atoms. The molecule has 0 unspecified atom stereocenters. The van der Waals surface area contributed by atoms with Gasteiger partial charge in [-0.25, -0.2) is 4.99 Å². The highest BCUT2D eigenvalue weighted by Gasteiger charge is 2.17. The number of hydrogen-bond donors (Lipinski definition) is 0. The first-order chi connectivity index (χ1) is 10.4. The van der Waals surface area contributed by atoms with Gasteiger partial charge in [0.25, 0.3) is 0 Å². The van der Waals surface area contributed by atoms with Crippen molar-refractivity contribution >= 4 is 22.9 Å². The Morgan fingerprint density at radius 3 is 2.57 bits per heavy atom. The molecule has 2 aromatic rings. The molecule has 1 aliphatic rings. The van der Waals surface area contributed by atoms with Gasteiger partial charge in [0.05, 0.1) is 23.8 Å². The highest BCUT2D eigenvalue weighted by atomic mass is 32.1. The van der Waals surface area contributed by atoms with Crippen LogP contribution in [0.1, 0.15) is 17.4 Å². The number of benzene rings is 1. The van der Waals surface area contributed by atoms with E-state index in [1.165, 1.54) is 10.4 Å². The molecule has 0 atom stereocenters. The van der Waals surface area contributed by atoms with E-state index in [2.05, 4.69) is 53.6 Å². The fourth-order valence-electron chi connectivity index (χ4n) is 2.39. The average Bonchev–Trinajstić information content (AvgIpc) is 3.08. The first-order valence-corrected chi connectivity index (χ1v) is 8.29. The van der Waals surface area contributed by atoms with E-state index in [0.717, 1.165) is 44.2 Å². The minimum Gasteiger partial charge on any atom is -0.378 e. The molecule has 21 heavy (non-hydrogen) atoms. The van der Waals surface area contributed by atoms with Crippen molar-refractivity contribution < 1.29 is 4.74 Å². The zero-order chi connectivity index (χ0) is 14.5. The zero-order valence-corrected chi connectivity index (χ0v) is 13.1. The van der Waals surface area contributed by atoms with Gasteiger partial charge >= 0.3 is 0 Å². The number of amidine groups is 1. The number of ether oxygens (including phenoxy) is 1. The van der Waals surface area contributed by atoms with Gasteiger partial charge in [-0.1, -0.05) is 25.1 Å². The summed E-state index contributed by atoms with van der Waals surface area (Å²) < 4.78 is 5.45. The SMILES string of the molecule is CCc1ccc(N=C(c2cccs2)N2CCOCC2)cc1. The predicted octanol–water partition coefficient (Wildman–Crippen LogP) is 3.72. The summed E-state index contributed by atoms with van der Waals surface area (Å²) >= 11 is 1.74. The maximum Gasteiger partial charge on any atom is 0.146 e. The summed E-state index contributed by atoms with van der Waals surface area (Å²) in [5.74, 6) is 1.07.